The fourth-order valence-electron chi connectivity index (χ4n) is 2.22. The van der Waals surface area contributed by atoms with Crippen molar-refractivity contribution in [3.63, 3.8) is 0 Å². The largest absolute Gasteiger partial charge is 0.308 e. The van der Waals surface area contributed by atoms with Crippen LogP contribution in [0.5, 0.6) is 0 Å². The molecule has 0 aliphatic rings. The van der Waals surface area contributed by atoms with E-state index in [-0.39, 0.29) is 5.69 Å². The lowest BCUT2D eigenvalue weighted by Gasteiger charge is -2.12. The highest BCUT2D eigenvalue weighted by atomic mass is 16.6. The van der Waals surface area contributed by atoms with Crippen LogP contribution >= 0.6 is 0 Å². The molecule has 21 heavy (non-hydrogen) atoms. The van der Waals surface area contributed by atoms with E-state index < -0.39 is 4.92 Å². The highest BCUT2D eigenvalue weighted by Crippen LogP contribution is 2.27. The van der Waals surface area contributed by atoms with Crippen molar-refractivity contribution >= 4 is 11.5 Å². The Morgan fingerprint density at radius 1 is 1.33 bits per heavy atom. The van der Waals surface area contributed by atoms with Gasteiger partial charge in [0.15, 0.2) is 5.82 Å². The molecule has 110 valence electrons. The first-order valence-electron chi connectivity index (χ1n) is 6.57. The van der Waals surface area contributed by atoms with Gasteiger partial charge in [0.1, 0.15) is 5.82 Å². The summed E-state index contributed by atoms with van der Waals surface area (Å²) in [5.41, 5.74) is 5.82. The maximum absolute atomic E-state index is 10.9. The molecule has 0 aliphatic carbocycles. The van der Waals surface area contributed by atoms with Gasteiger partial charge in [0.2, 0.25) is 0 Å². The molecule has 0 spiro atoms. The number of nitrogens with two attached hydrogens (primary N) is 1. The number of benzene rings is 1. The first kappa shape index (κ1) is 14.9. The zero-order valence-corrected chi connectivity index (χ0v) is 12.2. The van der Waals surface area contributed by atoms with Gasteiger partial charge < -0.3 is 5.43 Å². The van der Waals surface area contributed by atoms with Crippen molar-refractivity contribution in [2.75, 3.05) is 5.43 Å². The van der Waals surface area contributed by atoms with E-state index in [0.29, 0.717) is 17.2 Å². The van der Waals surface area contributed by atoms with E-state index in [2.05, 4.69) is 15.4 Å². The van der Waals surface area contributed by atoms with Gasteiger partial charge in [0, 0.05) is 29.0 Å². The topological polar surface area (TPSA) is 107 Å². The van der Waals surface area contributed by atoms with Crippen LogP contribution in [-0.4, -0.2) is 14.9 Å². The van der Waals surface area contributed by atoms with Gasteiger partial charge in [-0.3, -0.25) is 10.1 Å². The number of nitrogen functional groups attached to an aromatic ring is 1. The van der Waals surface area contributed by atoms with Crippen LogP contribution in [0.3, 0.4) is 0 Å². The Kier molecular flexibility index (Phi) is 4.13. The summed E-state index contributed by atoms with van der Waals surface area (Å²) >= 11 is 0. The third-order valence-electron chi connectivity index (χ3n) is 3.38. The van der Waals surface area contributed by atoms with Crippen LogP contribution in [0.15, 0.2) is 18.2 Å². The summed E-state index contributed by atoms with van der Waals surface area (Å²) in [5, 5.41) is 10.9. The number of anilines is 1. The van der Waals surface area contributed by atoms with E-state index >= 15 is 0 Å². The van der Waals surface area contributed by atoms with Gasteiger partial charge in [0.05, 0.1) is 4.92 Å². The number of aromatic nitrogens is 2. The molecule has 1 heterocycles. The molecule has 1 aromatic heterocycles. The van der Waals surface area contributed by atoms with Gasteiger partial charge in [-0.2, -0.15) is 0 Å². The quantitative estimate of drug-likeness (QED) is 0.508. The number of non-ortho nitro benzene ring substituents is 1. The first-order chi connectivity index (χ1) is 9.97. The van der Waals surface area contributed by atoms with Crippen LogP contribution in [0, 0.1) is 24.0 Å². The summed E-state index contributed by atoms with van der Waals surface area (Å²) in [6.07, 6.45) is 0.750. The van der Waals surface area contributed by atoms with Crippen LogP contribution in [-0.2, 0) is 6.42 Å². The summed E-state index contributed by atoms with van der Waals surface area (Å²) in [6.45, 7) is 5.73. The number of nitrogens with one attached hydrogen (secondary N) is 1. The lowest BCUT2D eigenvalue weighted by Crippen LogP contribution is -2.13. The van der Waals surface area contributed by atoms with E-state index in [0.717, 1.165) is 23.2 Å². The van der Waals surface area contributed by atoms with Crippen molar-refractivity contribution in [2.24, 2.45) is 5.84 Å². The number of nitro benzene ring substituents is 1. The predicted octanol–water partition coefficient (Wildman–Crippen LogP) is 2.52. The number of hydrogen-bond acceptors (Lipinski definition) is 6. The van der Waals surface area contributed by atoms with Gasteiger partial charge in [-0.1, -0.05) is 13.0 Å². The van der Waals surface area contributed by atoms with Crippen LogP contribution in [0.4, 0.5) is 11.5 Å². The third-order valence-corrected chi connectivity index (χ3v) is 3.38. The van der Waals surface area contributed by atoms with Crippen molar-refractivity contribution in [1.82, 2.24) is 9.97 Å². The third kappa shape index (κ3) is 2.82. The molecule has 1 aromatic carbocycles. The van der Waals surface area contributed by atoms with Crippen molar-refractivity contribution in [3.05, 3.63) is 45.1 Å². The number of aryl methyl sites for hydroxylation is 2. The molecule has 0 amide bonds. The van der Waals surface area contributed by atoms with E-state index in [1.165, 1.54) is 12.1 Å². The van der Waals surface area contributed by atoms with Gasteiger partial charge >= 0.3 is 0 Å². The summed E-state index contributed by atoms with van der Waals surface area (Å²) in [5.74, 6) is 6.49. The summed E-state index contributed by atoms with van der Waals surface area (Å²) < 4.78 is 0. The number of nitro groups is 1. The number of hydrogen-bond donors (Lipinski definition) is 2. The van der Waals surface area contributed by atoms with Gasteiger partial charge in [-0.05, 0) is 25.8 Å². The molecular formula is C14H17N5O2. The van der Waals surface area contributed by atoms with E-state index in [1.807, 2.05) is 20.8 Å². The highest BCUT2D eigenvalue weighted by Gasteiger charge is 2.15. The lowest BCUT2D eigenvalue weighted by molar-refractivity contribution is -0.384. The second kappa shape index (κ2) is 5.84. The molecule has 0 unspecified atom stereocenters. The molecule has 7 heteroatoms. The molecule has 0 saturated carbocycles. The zero-order chi connectivity index (χ0) is 15.6. The Morgan fingerprint density at radius 2 is 2.05 bits per heavy atom. The standard InChI is InChI=1S/C14H17N5O2/c1-4-11-9(3)16-13(17-14(11)18-15)12-7-10(19(20)21)6-5-8(12)2/h5-7H,4,15H2,1-3H3,(H,16,17,18). The number of rotatable bonds is 4. The van der Waals surface area contributed by atoms with Crippen LogP contribution in [0.25, 0.3) is 11.4 Å². The normalized spacial score (nSPS) is 10.5. The van der Waals surface area contributed by atoms with Gasteiger partial charge in [-0.25, -0.2) is 15.8 Å². The average Bonchev–Trinajstić information content (AvgIpc) is 2.46. The zero-order valence-electron chi connectivity index (χ0n) is 12.2. The predicted molar refractivity (Wildman–Crippen MR) is 80.8 cm³/mol. The Labute approximate surface area is 122 Å². The summed E-state index contributed by atoms with van der Waals surface area (Å²) in [7, 11) is 0. The van der Waals surface area contributed by atoms with E-state index in [9.17, 15) is 10.1 Å². The van der Waals surface area contributed by atoms with Gasteiger partial charge in [0.25, 0.3) is 5.69 Å². The maximum atomic E-state index is 10.9. The lowest BCUT2D eigenvalue weighted by atomic mass is 10.1. The fraction of sp³-hybridized carbons (Fsp3) is 0.286. The van der Waals surface area contributed by atoms with Crippen LogP contribution < -0.4 is 11.3 Å². The van der Waals surface area contributed by atoms with Crippen molar-refractivity contribution < 1.29 is 4.92 Å². The molecule has 0 bridgehead atoms. The SMILES string of the molecule is CCc1c(C)nc(-c2cc([N+](=O)[O-])ccc2C)nc1NN. The number of hydrazine groups is 1. The van der Waals surface area contributed by atoms with E-state index in [4.69, 9.17) is 5.84 Å². The second-order valence-corrected chi connectivity index (χ2v) is 4.71. The molecule has 2 aromatic rings. The minimum absolute atomic E-state index is 0.0127. The molecular weight excluding hydrogens is 270 g/mol. The Bertz CT molecular complexity index is 700. The van der Waals surface area contributed by atoms with Crippen LogP contribution in [0.2, 0.25) is 0 Å². The smallest absolute Gasteiger partial charge is 0.270 e. The first-order valence-corrected chi connectivity index (χ1v) is 6.57. The average molecular weight is 287 g/mol. The maximum Gasteiger partial charge on any atom is 0.270 e. The second-order valence-electron chi connectivity index (χ2n) is 4.71. The monoisotopic (exact) mass is 287 g/mol. The summed E-state index contributed by atoms with van der Waals surface area (Å²) in [4.78, 5) is 19.3. The number of nitrogens with zero attached hydrogens (tertiary/aromatic N) is 3. The molecule has 3 N–H and O–H groups in total. The van der Waals surface area contributed by atoms with Crippen molar-refractivity contribution in [1.29, 1.82) is 0 Å². The molecule has 7 nitrogen and oxygen atoms in total. The highest BCUT2D eigenvalue weighted by molar-refractivity contribution is 5.66. The van der Waals surface area contributed by atoms with Crippen molar-refractivity contribution in [2.45, 2.75) is 27.2 Å². The molecule has 0 radical (unpaired) electrons. The fourth-order valence-corrected chi connectivity index (χ4v) is 2.22. The molecule has 0 fully saturated rings. The molecule has 0 aliphatic heterocycles. The molecule has 2 rings (SSSR count). The minimum Gasteiger partial charge on any atom is -0.308 e. The summed E-state index contributed by atoms with van der Waals surface area (Å²) in [6, 6.07) is 4.64. The van der Waals surface area contributed by atoms with Crippen molar-refractivity contribution in [3.8, 4) is 11.4 Å². The Hall–Kier alpha value is -2.54. The van der Waals surface area contributed by atoms with E-state index in [1.54, 1.807) is 6.07 Å². The Balaban J connectivity index is 2.64. The molecule has 0 saturated heterocycles. The minimum atomic E-state index is -0.432. The molecule has 0 atom stereocenters. The Morgan fingerprint density at radius 3 is 2.62 bits per heavy atom. The van der Waals surface area contributed by atoms with Crippen LogP contribution in [0.1, 0.15) is 23.7 Å². The van der Waals surface area contributed by atoms with Gasteiger partial charge in [-0.15, -0.1) is 0 Å².